The van der Waals surface area contributed by atoms with E-state index >= 15 is 0 Å². The van der Waals surface area contributed by atoms with E-state index in [2.05, 4.69) is 26.4 Å². The molecule has 1 saturated heterocycles. The van der Waals surface area contributed by atoms with E-state index in [-0.39, 0.29) is 17.6 Å². The predicted molar refractivity (Wildman–Crippen MR) is 128 cm³/mol. The first-order valence-corrected chi connectivity index (χ1v) is 12.5. The molecule has 0 spiro atoms. The Morgan fingerprint density at radius 2 is 2.12 bits per heavy atom. The highest BCUT2D eigenvalue weighted by molar-refractivity contribution is 7.98. The molecule has 1 N–H and O–H groups in total. The minimum absolute atomic E-state index is 0.0452. The molecule has 2 heterocycles. The number of thioether (sulfide) groups is 1. The first-order valence-electron chi connectivity index (χ1n) is 11.0. The molecule has 0 bridgehead atoms. The molecule has 1 fully saturated rings. The average Bonchev–Trinajstić information content (AvgIpc) is 3.28. The summed E-state index contributed by atoms with van der Waals surface area (Å²) in [6, 6.07) is 13.8. The number of likely N-dealkylation sites (tertiary alicyclic amines) is 1. The summed E-state index contributed by atoms with van der Waals surface area (Å²) in [7, 11) is 0. The lowest BCUT2D eigenvalue weighted by molar-refractivity contribution is -0.126. The topological polar surface area (TPSA) is 71.3 Å². The average molecular weight is 489 g/mol. The van der Waals surface area contributed by atoms with Gasteiger partial charge >= 0.3 is 0 Å². The van der Waals surface area contributed by atoms with Crippen LogP contribution in [0.15, 0.2) is 53.1 Å². The van der Waals surface area contributed by atoms with Crippen molar-refractivity contribution >= 4 is 29.3 Å². The number of rotatable bonds is 9. The van der Waals surface area contributed by atoms with E-state index in [9.17, 15) is 9.18 Å². The van der Waals surface area contributed by atoms with Gasteiger partial charge in [-0.3, -0.25) is 9.69 Å². The Labute approximate surface area is 201 Å². The van der Waals surface area contributed by atoms with Crippen LogP contribution in [-0.2, 0) is 17.1 Å². The number of carbonyl (C=O) groups is 1. The molecule has 2 aromatic carbocycles. The third kappa shape index (κ3) is 7.03. The van der Waals surface area contributed by atoms with Gasteiger partial charge in [0, 0.05) is 35.2 Å². The number of benzene rings is 2. The van der Waals surface area contributed by atoms with E-state index in [1.54, 1.807) is 23.9 Å². The largest absolute Gasteiger partial charge is 0.355 e. The molecule has 33 heavy (non-hydrogen) atoms. The maximum Gasteiger partial charge on any atom is 0.241 e. The van der Waals surface area contributed by atoms with Gasteiger partial charge in [0.15, 0.2) is 0 Å². The van der Waals surface area contributed by atoms with Crippen LogP contribution in [-0.4, -0.2) is 46.3 Å². The number of amides is 1. The van der Waals surface area contributed by atoms with Crippen molar-refractivity contribution in [1.82, 2.24) is 20.4 Å². The van der Waals surface area contributed by atoms with Gasteiger partial charge in [0.2, 0.25) is 17.6 Å². The van der Waals surface area contributed by atoms with Gasteiger partial charge in [-0.25, -0.2) is 4.39 Å². The fraction of sp³-hybridized carbons (Fsp3) is 0.375. The molecule has 1 aliphatic rings. The lowest BCUT2D eigenvalue weighted by Crippen LogP contribution is -2.43. The van der Waals surface area contributed by atoms with Crippen molar-refractivity contribution in [1.29, 1.82) is 0 Å². The molecule has 174 valence electrons. The van der Waals surface area contributed by atoms with Crippen LogP contribution in [0.4, 0.5) is 4.39 Å². The molecular weight excluding hydrogens is 463 g/mol. The van der Waals surface area contributed by atoms with E-state index in [1.165, 1.54) is 17.7 Å². The molecule has 1 aromatic heterocycles. The number of nitrogens with zero attached hydrogens (tertiary/aromatic N) is 3. The summed E-state index contributed by atoms with van der Waals surface area (Å²) in [6.45, 7) is 2.68. The van der Waals surface area contributed by atoms with E-state index in [0.29, 0.717) is 36.9 Å². The second kappa shape index (κ2) is 11.6. The predicted octanol–water partition coefficient (Wildman–Crippen LogP) is 4.79. The second-order valence-electron chi connectivity index (χ2n) is 8.07. The second-order valence-corrected chi connectivity index (χ2v) is 9.61. The standard InChI is InChI=1S/C24H26ClFN4O2S/c25-20-5-1-3-17(13-20)16-33-12-10-27-24(31)19-4-2-11-30(14-19)15-22-28-23(29-32-22)18-6-8-21(26)9-7-18/h1,3,5-9,13,19H,2,4,10-12,14-16H2,(H,27,31). The Hall–Kier alpha value is -2.42. The summed E-state index contributed by atoms with van der Waals surface area (Å²) in [6.07, 6.45) is 1.82. The normalized spacial score (nSPS) is 16.6. The number of carbonyl (C=O) groups excluding carboxylic acids is 1. The van der Waals surface area contributed by atoms with Crippen molar-refractivity contribution in [3.63, 3.8) is 0 Å². The summed E-state index contributed by atoms with van der Waals surface area (Å²) < 4.78 is 18.5. The zero-order valence-electron chi connectivity index (χ0n) is 18.2. The van der Waals surface area contributed by atoms with Crippen molar-refractivity contribution in [3.8, 4) is 11.4 Å². The van der Waals surface area contributed by atoms with E-state index < -0.39 is 0 Å². The van der Waals surface area contributed by atoms with E-state index in [1.807, 2.05) is 18.2 Å². The molecule has 6 nitrogen and oxygen atoms in total. The lowest BCUT2D eigenvalue weighted by atomic mass is 9.97. The van der Waals surface area contributed by atoms with Crippen molar-refractivity contribution in [2.24, 2.45) is 5.92 Å². The van der Waals surface area contributed by atoms with Crippen molar-refractivity contribution < 1.29 is 13.7 Å². The molecule has 0 aliphatic carbocycles. The number of halogens is 2. The van der Waals surface area contributed by atoms with Crippen LogP contribution in [0, 0.1) is 11.7 Å². The molecule has 4 rings (SSSR count). The fourth-order valence-electron chi connectivity index (χ4n) is 3.85. The molecule has 3 aromatic rings. The number of aromatic nitrogens is 2. The minimum Gasteiger partial charge on any atom is -0.355 e. The number of nitrogens with one attached hydrogen (secondary N) is 1. The maximum absolute atomic E-state index is 13.1. The van der Waals surface area contributed by atoms with Gasteiger partial charge in [-0.15, -0.1) is 0 Å². The zero-order chi connectivity index (χ0) is 23.0. The number of hydrogen-bond donors (Lipinski definition) is 1. The van der Waals surface area contributed by atoms with Crippen LogP contribution in [0.2, 0.25) is 5.02 Å². The molecular formula is C24H26ClFN4O2S. The number of hydrogen-bond acceptors (Lipinski definition) is 6. The molecule has 1 unspecified atom stereocenters. The molecule has 1 aliphatic heterocycles. The quantitative estimate of drug-likeness (QED) is 0.437. The zero-order valence-corrected chi connectivity index (χ0v) is 19.7. The van der Waals surface area contributed by atoms with Crippen molar-refractivity contribution in [2.75, 3.05) is 25.4 Å². The van der Waals surface area contributed by atoms with Gasteiger partial charge in [-0.1, -0.05) is 28.9 Å². The highest BCUT2D eigenvalue weighted by atomic mass is 35.5. The summed E-state index contributed by atoms with van der Waals surface area (Å²) in [5.74, 6) is 2.40. The van der Waals surface area contributed by atoms with Crippen LogP contribution in [0.25, 0.3) is 11.4 Å². The van der Waals surface area contributed by atoms with Crippen molar-refractivity contribution in [2.45, 2.75) is 25.1 Å². The molecule has 1 amide bonds. The maximum atomic E-state index is 13.1. The van der Waals surface area contributed by atoms with E-state index in [0.717, 1.165) is 35.9 Å². The van der Waals surface area contributed by atoms with Gasteiger partial charge < -0.3 is 9.84 Å². The number of piperidine rings is 1. The highest BCUT2D eigenvalue weighted by Gasteiger charge is 2.26. The van der Waals surface area contributed by atoms with Crippen molar-refractivity contribution in [3.05, 3.63) is 70.8 Å². The van der Waals surface area contributed by atoms with Gasteiger partial charge in [0.1, 0.15) is 5.82 Å². The Balaban J connectivity index is 1.19. The van der Waals surface area contributed by atoms with E-state index in [4.69, 9.17) is 16.1 Å². The van der Waals surface area contributed by atoms with Crippen LogP contribution in [0.1, 0.15) is 24.3 Å². The van der Waals surface area contributed by atoms with Crippen LogP contribution in [0.5, 0.6) is 0 Å². The van der Waals surface area contributed by atoms with Crippen LogP contribution < -0.4 is 5.32 Å². The van der Waals surface area contributed by atoms with Gasteiger partial charge in [0.25, 0.3) is 0 Å². The van der Waals surface area contributed by atoms with Crippen LogP contribution >= 0.6 is 23.4 Å². The third-order valence-corrected chi connectivity index (χ3v) is 6.77. The lowest BCUT2D eigenvalue weighted by Gasteiger charge is -2.30. The minimum atomic E-state index is -0.306. The summed E-state index contributed by atoms with van der Waals surface area (Å²) in [5.41, 5.74) is 1.89. The Bertz CT molecular complexity index is 1060. The Morgan fingerprint density at radius 3 is 2.94 bits per heavy atom. The molecule has 9 heteroatoms. The fourth-order valence-corrected chi connectivity index (χ4v) is 4.87. The Kier molecular flexibility index (Phi) is 8.36. The highest BCUT2D eigenvalue weighted by Crippen LogP contribution is 2.21. The molecule has 1 atom stereocenters. The van der Waals surface area contributed by atoms with Gasteiger partial charge in [-0.05, 0) is 61.3 Å². The molecule has 0 saturated carbocycles. The summed E-state index contributed by atoms with van der Waals surface area (Å²) in [4.78, 5) is 19.2. The van der Waals surface area contributed by atoms with Crippen LogP contribution in [0.3, 0.4) is 0 Å². The monoisotopic (exact) mass is 488 g/mol. The summed E-state index contributed by atoms with van der Waals surface area (Å²) in [5, 5.41) is 7.81. The molecule has 0 radical (unpaired) electrons. The van der Waals surface area contributed by atoms with Gasteiger partial charge in [0.05, 0.1) is 12.5 Å². The smallest absolute Gasteiger partial charge is 0.241 e. The first kappa shape index (κ1) is 23.7. The Morgan fingerprint density at radius 1 is 1.27 bits per heavy atom. The third-order valence-electron chi connectivity index (χ3n) is 5.51. The summed E-state index contributed by atoms with van der Waals surface area (Å²) >= 11 is 7.79. The SMILES string of the molecule is O=C(NCCSCc1cccc(Cl)c1)C1CCCN(Cc2nc(-c3ccc(F)cc3)no2)C1. The van der Waals surface area contributed by atoms with Gasteiger partial charge in [-0.2, -0.15) is 16.7 Å². The first-order chi connectivity index (χ1) is 16.1.